The van der Waals surface area contributed by atoms with Gasteiger partial charge in [-0.1, -0.05) is 17.7 Å². The van der Waals surface area contributed by atoms with E-state index in [4.69, 9.17) is 16.3 Å². The Morgan fingerprint density at radius 3 is 2.61 bits per heavy atom. The second kappa shape index (κ2) is 6.29. The van der Waals surface area contributed by atoms with E-state index in [9.17, 15) is 4.79 Å². The lowest BCUT2D eigenvalue weighted by molar-refractivity contribution is -0.0587. The molecule has 1 amide bonds. The Kier molecular flexibility index (Phi) is 4.37. The van der Waals surface area contributed by atoms with E-state index in [0.717, 1.165) is 5.69 Å². The number of ether oxygens (including phenoxy) is 1. The lowest BCUT2D eigenvalue weighted by Crippen LogP contribution is -2.48. The fraction of sp³-hybridized carbons (Fsp3) is 0.438. The number of benzene rings is 1. The van der Waals surface area contributed by atoms with Crippen LogP contribution in [0.15, 0.2) is 24.3 Å². The zero-order valence-corrected chi connectivity index (χ0v) is 14.1. The molecule has 1 aromatic carbocycles. The van der Waals surface area contributed by atoms with Crippen molar-refractivity contribution in [2.24, 2.45) is 0 Å². The number of rotatable bonds is 2. The maximum atomic E-state index is 12.8. The highest BCUT2D eigenvalue weighted by Crippen LogP contribution is 2.17. The molecule has 0 radical (unpaired) electrons. The molecule has 0 N–H and O–H groups in total. The minimum absolute atomic E-state index is 0.0194. The second-order valence-corrected chi connectivity index (χ2v) is 6.31. The smallest absolute Gasteiger partial charge is 0.276 e. The van der Waals surface area contributed by atoms with E-state index in [0.29, 0.717) is 29.5 Å². The molecule has 3 rings (SSSR count). The third-order valence-electron chi connectivity index (χ3n) is 3.73. The Bertz CT molecular complexity index is 721. The van der Waals surface area contributed by atoms with Crippen molar-refractivity contribution in [1.29, 1.82) is 0 Å². The van der Waals surface area contributed by atoms with Gasteiger partial charge in [0.05, 0.1) is 23.6 Å². The Hall–Kier alpha value is -1.92. The molecule has 7 heteroatoms. The molecule has 1 aliphatic heterocycles. The molecule has 0 bridgehead atoms. The van der Waals surface area contributed by atoms with Crippen LogP contribution in [0.4, 0.5) is 0 Å². The van der Waals surface area contributed by atoms with Crippen LogP contribution in [0.3, 0.4) is 0 Å². The number of nitrogens with zero attached hydrogens (tertiary/aromatic N) is 4. The number of aryl methyl sites for hydroxylation is 1. The van der Waals surface area contributed by atoms with E-state index in [1.54, 1.807) is 24.0 Å². The zero-order valence-electron chi connectivity index (χ0n) is 13.4. The third-order valence-corrected chi connectivity index (χ3v) is 3.97. The Morgan fingerprint density at radius 1 is 1.26 bits per heavy atom. The number of aromatic nitrogens is 3. The lowest BCUT2D eigenvalue weighted by atomic mass is 10.2. The minimum Gasteiger partial charge on any atom is -0.372 e. The molecule has 0 aliphatic carbocycles. The van der Waals surface area contributed by atoms with Gasteiger partial charge in [0.2, 0.25) is 0 Å². The standard InChI is InChI=1S/C16H19ClN4O2/c1-10-8-20(9-11(2)23-10)16(22)15-12(3)18-21(19-15)14-6-4-5-13(17)7-14/h4-7,10-11H,8-9H2,1-3H3. The van der Waals surface area contributed by atoms with E-state index in [1.165, 1.54) is 4.80 Å². The average Bonchev–Trinajstić information content (AvgIpc) is 2.87. The minimum atomic E-state index is -0.113. The number of hydrogen-bond acceptors (Lipinski definition) is 4. The lowest BCUT2D eigenvalue weighted by Gasteiger charge is -2.34. The maximum absolute atomic E-state index is 12.8. The van der Waals surface area contributed by atoms with Crippen LogP contribution in [-0.4, -0.2) is 51.1 Å². The molecule has 1 aromatic heterocycles. The molecule has 2 heterocycles. The number of carbonyl (C=O) groups is 1. The molecule has 1 saturated heterocycles. The van der Waals surface area contributed by atoms with Crippen LogP contribution in [0.5, 0.6) is 0 Å². The Morgan fingerprint density at radius 2 is 1.96 bits per heavy atom. The monoisotopic (exact) mass is 334 g/mol. The van der Waals surface area contributed by atoms with Gasteiger partial charge in [0.25, 0.3) is 5.91 Å². The summed E-state index contributed by atoms with van der Waals surface area (Å²) in [4.78, 5) is 16.0. The van der Waals surface area contributed by atoms with E-state index in [2.05, 4.69) is 10.2 Å². The summed E-state index contributed by atoms with van der Waals surface area (Å²) in [5.41, 5.74) is 1.69. The molecule has 2 atom stereocenters. The molecule has 0 saturated carbocycles. The highest BCUT2D eigenvalue weighted by molar-refractivity contribution is 6.30. The van der Waals surface area contributed by atoms with Gasteiger partial charge in [-0.2, -0.15) is 9.90 Å². The molecule has 1 aliphatic rings. The first-order chi connectivity index (χ1) is 10.9. The molecule has 2 unspecified atom stereocenters. The maximum Gasteiger partial charge on any atom is 0.276 e. The summed E-state index contributed by atoms with van der Waals surface area (Å²) in [7, 11) is 0. The predicted octanol–water partition coefficient (Wildman–Crippen LogP) is 2.48. The summed E-state index contributed by atoms with van der Waals surface area (Å²) >= 11 is 6.00. The molecule has 1 fully saturated rings. The van der Waals surface area contributed by atoms with Gasteiger partial charge in [0, 0.05) is 18.1 Å². The van der Waals surface area contributed by atoms with Crippen molar-refractivity contribution in [3.8, 4) is 5.69 Å². The average molecular weight is 335 g/mol. The number of carbonyl (C=O) groups excluding carboxylic acids is 1. The summed E-state index contributed by atoms with van der Waals surface area (Å²) < 4.78 is 5.67. The molecule has 6 nitrogen and oxygen atoms in total. The summed E-state index contributed by atoms with van der Waals surface area (Å²) in [5, 5.41) is 9.30. The SMILES string of the molecule is Cc1nn(-c2cccc(Cl)c2)nc1C(=O)N1CC(C)OC(C)C1. The highest BCUT2D eigenvalue weighted by atomic mass is 35.5. The van der Waals surface area contributed by atoms with Crippen molar-refractivity contribution in [2.75, 3.05) is 13.1 Å². The van der Waals surface area contributed by atoms with E-state index in [1.807, 2.05) is 26.0 Å². The number of morpholine rings is 1. The summed E-state index contributed by atoms with van der Waals surface area (Å²) in [5.74, 6) is -0.113. The Balaban J connectivity index is 1.87. The topological polar surface area (TPSA) is 60.2 Å². The first-order valence-electron chi connectivity index (χ1n) is 7.58. The van der Waals surface area contributed by atoms with Crippen molar-refractivity contribution in [3.05, 3.63) is 40.7 Å². The van der Waals surface area contributed by atoms with Crippen LogP contribution in [0.2, 0.25) is 5.02 Å². The van der Waals surface area contributed by atoms with Gasteiger partial charge in [-0.3, -0.25) is 4.79 Å². The molecule has 23 heavy (non-hydrogen) atoms. The van der Waals surface area contributed by atoms with Crippen molar-refractivity contribution in [1.82, 2.24) is 19.9 Å². The fourth-order valence-corrected chi connectivity index (χ4v) is 2.97. The van der Waals surface area contributed by atoms with E-state index >= 15 is 0 Å². The largest absolute Gasteiger partial charge is 0.372 e. The first-order valence-corrected chi connectivity index (χ1v) is 7.96. The van der Waals surface area contributed by atoms with Gasteiger partial charge in [-0.25, -0.2) is 0 Å². The van der Waals surface area contributed by atoms with Gasteiger partial charge >= 0.3 is 0 Å². The number of halogens is 1. The van der Waals surface area contributed by atoms with E-state index < -0.39 is 0 Å². The van der Waals surface area contributed by atoms with Gasteiger partial charge in [-0.15, -0.1) is 5.10 Å². The van der Waals surface area contributed by atoms with Crippen LogP contribution in [0.25, 0.3) is 5.69 Å². The fourth-order valence-electron chi connectivity index (χ4n) is 2.79. The molecule has 2 aromatic rings. The quantitative estimate of drug-likeness (QED) is 0.846. The highest BCUT2D eigenvalue weighted by Gasteiger charge is 2.29. The first kappa shape index (κ1) is 16.0. The van der Waals surface area contributed by atoms with E-state index in [-0.39, 0.29) is 18.1 Å². The van der Waals surface area contributed by atoms with Crippen molar-refractivity contribution in [3.63, 3.8) is 0 Å². The predicted molar refractivity (Wildman–Crippen MR) is 87.0 cm³/mol. The molecular formula is C16H19ClN4O2. The molecular weight excluding hydrogens is 316 g/mol. The van der Waals surface area contributed by atoms with Gasteiger partial charge < -0.3 is 9.64 Å². The van der Waals surface area contributed by atoms with Crippen LogP contribution in [0, 0.1) is 6.92 Å². The van der Waals surface area contributed by atoms with Crippen molar-refractivity contribution in [2.45, 2.75) is 33.0 Å². The summed E-state index contributed by atoms with van der Waals surface area (Å²) in [6.07, 6.45) is 0.0389. The van der Waals surface area contributed by atoms with Gasteiger partial charge in [0.1, 0.15) is 0 Å². The van der Waals surface area contributed by atoms with Crippen LogP contribution < -0.4 is 0 Å². The van der Waals surface area contributed by atoms with Gasteiger partial charge in [-0.05, 0) is 39.0 Å². The van der Waals surface area contributed by atoms with Crippen molar-refractivity contribution >= 4 is 17.5 Å². The molecule has 0 spiro atoms. The summed E-state index contributed by atoms with van der Waals surface area (Å²) in [6.45, 7) is 6.84. The third kappa shape index (κ3) is 3.38. The number of amides is 1. The number of hydrogen-bond donors (Lipinski definition) is 0. The summed E-state index contributed by atoms with van der Waals surface area (Å²) in [6, 6.07) is 7.21. The normalized spacial score (nSPS) is 21.5. The second-order valence-electron chi connectivity index (χ2n) is 5.87. The zero-order chi connectivity index (χ0) is 16.6. The Labute approximate surface area is 140 Å². The van der Waals surface area contributed by atoms with Crippen LogP contribution in [-0.2, 0) is 4.74 Å². The van der Waals surface area contributed by atoms with Crippen LogP contribution in [0.1, 0.15) is 30.0 Å². The van der Waals surface area contributed by atoms with Crippen molar-refractivity contribution < 1.29 is 9.53 Å². The van der Waals surface area contributed by atoms with Gasteiger partial charge in [0.15, 0.2) is 5.69 Å². The molecule has 122 valence electrons. The van der Waals surface area contributed by atoms with Crippen LogP contribution >= 0.6 is 11.6 Å².